The fourth-order valence-electron chi connectivity index (χ4n) is 1.81. The Labute approximate surface area is 131 Å². The van der Waals surface area contributed by atoms with E-state index in [1.165, 1.54) is 5.56 Å². The van der Waals surface area contributed by atoms with Crippen LogP contribution in [-0.2, 0) is 17.9 Å². The zero-order valence-electron chi connectivity index (χ0n) is 11.5. The number of amides is 1. The van der Waals surface area contributed by atoms with Gasteiger partial charge in [0.25, 0.3) is 0 Å². The van der Waals surface area contributed by atoms with E-state index < -0.39 is 0 Å². The summed E-state index contributed by atoms with van der Waals surface area (Å²) >= 11 is 5.15. The first-order chi connectivity index (χ1) is 9.54. The molecule has 0 saturated heterocycles. The molecule has 3 nitrogen and oxygen atoms in total. The van der Waals surface area contributed by atoms with Crippen LogP contribution in [-0.4, -0.2) is 17.9 Å². The minimum absolute atomic E-state index is 0.0754. The fourth-order valence-corrected chi connectivity index (χ4v) is 3.02. The van der Waals surface area contributed by atoms with Crippen LogP contribution in [0.25, 0.3) is 0 Å². The fraction of sp³-hybridized carbons (Fsp3) is 0.267. The largest absolute Gasteiger partial charge is 0.381 e. The van der Waals surface area contributed by atoms with E-state index in [4.69, 9.17) is 0 Å². The second-order valence-electron chi connectivity index (χ2n) is 4.69. The molecule has 0 aliphatic rings. The summed E-state index contributed by atoms with van der Waals surface area (Å²) in [6, 6.07) is 10.3. The molecular formula is C15H17BrN2OS. The standard InChI is InChI=1S/C15H17BrN2OS/c1-11(19)18(2)9-12-4-3-5-14(6-12)17-8-13-7-15(16)20-10-13/h3-7,10,17H,8-9H2,1-2H3. The number of nitrogens with zero attached hydrogens (tertiary/aromatic N) is 1. The Balaban J connectivity index is 1.97. The molecule has 0 unspecified atom stereocenters. The van der Waals surface area contributed by atoms with Gasteiger partial charge in [-0.3, -0.25) is 4.79 Å². The van der Waals surface area contributed by atoms with Gasteiger partial charge in [-0.1, -0.05) is 12.1 Å². The number of nitrogens with one attached hydrogen (secondary N) is 1. The third-order valence-electron chi connectivity index (χ3n) is 3.00. The smallest absolute Gasteiger partial charge is 0.219 e. The zero-order valence-corrected chi connectivity index (χ0v) is 13.9. The van der Waals surface area contributed by atoms with Crippen LogP contribution in [0, 0.1) is 0 Å². The number of benzene rings is 1. The SMILES string of the molecule is CC(=O)N(C)Cc1cccc(NCc2csc(Br)c2)c1. The van der Waals surface area contributed by atoms with Crippen LogP contribution in [0.1, 0.15) is 18.1 Å². The van der Waals surface area contributed by atoms with Crippen molar-refractivity contribution in [3.8, 4) is 0 Å². The van der Waals surface area contributed by atoms with Crippen molar-refractivity contribution in [2.24, 2.45) is 0 Å². The van der Waals surface area contributed by atoms with Crippen LogP contribution >= 0.6 is 27.3 Å². The second-order valence-corrected chi connectivity index (χ2v) is 6.98. The van der Waals surface area contributed by atoms with Crippen LogP contribution in [0.3, 0.4) is 0 Å². The molecule has 2 rings (SSSR count). The van der Waals surface area contributed by atoms with E-state index in [1.54, 1.807) is 23.2 Å². The normalized spacial score (nSPS) is 10.3. The summed E-state index contributed by atoms with van der Waals surface area (Å²) in [5.74, 6) is 0.0754. The van der Waals surface area contributed by atoms with Crippen LogP contribution in [0.2, 0.25) is 0 Å². The topological polar surface area (TPSA) is 32.3 Å². The van der Waals surface area contributed by atoms with E-state index in [-0.39, 0.29) is 5.91 Å². The van der Waals surface area contributed by atoms with Crippen molar-refractivity contribution < 1.29 is 4.79 Å². The lowest BCUT2D eigenvalue weighted by atomic mass is 10.2. The molecule has 0 spiro atoms. The van der Waals surface area contributed by atoms with E-state index in [9.17, 15) is 4.79 Å². The van der Waals surface area contributed by atoms with Gasteiger partial charge < -0.3 is 10.2 Å². The van der Waals surface area contributed by atoms with Crippen molar-refractivity contribution in [1.29, 1.82) is 0 Å². The number of hydrogen-bond acceptors (Lipinski definition) is 3. The average Bonchev–Trinajstić information content (AvgIpc) is 2.82. The number of halogens is 1. The van der Waals surface area contributed by atoms with Gasteiger partial charge in [-0.2, -0.15) is 0 Å². The maximum Gasteiger partial charge on any atom is 0.219 e. The van der Waals surface area contributed by atoms with Gasteiger partial charge in [0, 0.05) is 32.7 Å². The highest BCUT2D eigenvalue weighted by Gasteiger charge is 2.04. The summed E-state index contributed by atoms with van der Waals surface area (Å²) in [7, 11) is 1.81. The monoisotopic (exact) mass is 352 g/mol. The first-order valence-corrected chi connectivity index (χ1v) is 7.99. The molecule has 1 amide bonds. The van der Waals surface area contributed by atoms with Gasteiger partial charge in [0.15, 0.2) is 0 Å². The molecule has 1 aromatic heterocycles. The molecular weight excluding hydrogens is 336 g/mol. The molecule has 0 saturated carbocycles. The molecule has 2 aromatic rings. The predicted molar refractivity (Wildman–Crippen MR) is 87.9 cm³/mol. The summed E-state index contributed by atoms with van der Waals surface area (Å²) in [5.41, 5.74) is 3.45. The van der Waals surface area contributed by atoms with E-state index in [0.717, 1.165) is 21.6 Å². The Bertz CT molecular complexity index is 597. The molecule has 0 fully saturated rings. The highest BCUT2D eigenvalue weighted by Crippen LogP contribution is 2.21. The van der Waals surface area contributed by atoms with Crippen molar-refractivity contribution in [2.75, 3.05) is 12.4 Å². The maximum atomic E-state index is 11.3. The molecule has 106 valence electrons. The van der Waals surface area contributed by atoms with E-state index in [1.807, 2.05) is 25.2 Å². The van der Waals surface area contributed by atoms with Crippen molar-refractivity contribution in [3.05, 3.63) is 50.6 Å². The first kappa shape index (κ1) is 15.1. The summed E-state index contributed by atoms with van der Waals surface area (Å²) < 4.78 is 1.14. The molecule has 20 heavy (non-hydrogen) atoms. The van der Waals surface area contributed by atoms with Crippen LogP contribution in [0.4, 0.5) is 5.69 Å². The molecule has 0 aliphatic carbocycles. The van der Waals surface area contributed by atoms with Crippen molar-refractivity contribution >= 4 is 38.9 Å². The number of anilines is 1. The number of carbonyl (C=O) groups excluding carboxylic acids is 1. The van der Waals surface area contributed by atoms with Crippen LogP contribution in [0.5, 0.6) is 0 Å². The first-order valence-electron chi connectivity index (χ1n) is 6.32. The van der Waals surface area contributed by atoms with Gasteiger partial charge in [-0.25, -0.2) is 0 Å². The second kappa shape index (κ2) is 6.90. The van der Waals surface area contributed by atoms with Crippen LogP contribution in [0.15, 0.2) is 39.5 Å². The molecule has 1 heterocycles. The van der Waals surface area contributed by atoms with Crippen LogP contribution < -0.4 is 5.32 Å². The van der Waals surface area contributed by atoms with E-state index in [2.05, 4.69) is 38.8 Å². The Kier molecular flexibility index (Phi) is 5.20. The Morgan fingerprint density at radius 1 is 1.35 bits per heavy atom. The lowest BCUT2D eigenvalue weighted by Crippen LogP contribution is -2.22. The van der Waals surface area contributed by atoms with Gasteiger partial charge in [0.2, 0.25) is 5.91 Å². The Morgan fingerprint density at radius 3 is 2.80 bits per heavy atom. The minimum Gasteiger partial charge on any atom is -0.381 e. The summed E-state index contributed by atoms with van der Waals surface area (Å²) in [5, 5.41) is 5.53. The van der Waals surface area contributed by atoms with Gasteiger partial charge in [-0.05, 0) is 50.6 Å². The third-order valence-corrected chi connectivity index (χ3v) is 4.56. The highest BCUT2D eigenvalue weighted by atomic mass is 79.9. The molecule has 0 atom stereocenters. The molecule has 0 bridgehead atoms. The Morgan fingerprint density at radius 2 is 2.15 bits per heavy atom. The third kappa shape index (κ3) is 4.35. The van der Waals surface area contributed by atoms with E-state index in [0.29, 0.717) is 6.54 Å². The number of rotatable bonds is 5. The number of thiophene rings is 1. The molecule has 1 aromatic carbocycles. The van der Waals surface area contributed by atoms with Gasteiger partial charge in [0.05, 0.1) is 3.79 Å². The molecule has 5 heteroatoms. The average molecular weight is 353 g/mol. The van der Waals surface area contributed by atoms with Gasteiger partial charge >= 0.3 is 0 Å². The van der Waals surface area contributed by atoms with Crippen molar-refractivity contribution in [2.45, 2.75) is 20.0 Å². The summed E-state index contributed by atoms with van der Waals surface area (Å²) in [6.07, 6.45) is 0. The lowest BCUT2D eigenvalue weighted by molar-refractivity contribution is -0.128. The highest BCUT2D eigenvalue weighted by molar-refractivity contribution is 9.11. The minimum atomic E-state index is 0.0754. The predicted octanol–water partition coefficient (Wildman–Crippen LogP) is 4.10. The number of hydrogen-bond donors (Lipinski definition) is 1. The van der Waals surface area contributed by atoms with Gasteiger partial charge in [0.1, 0.15) is 0 Å². The zero-order chi connectivity index (χ0) is 14.5. The van der Waals surface area contributed by atoms with Gasteiger partial charge in [-0.15, -0.1) is 11.3 Å². The lowest BCUT2D eigenvalue weighted by Gasteiger charge is -2.15. The quantitative estimate of drug-likeness (QED) is 0.878. The molecule has 0 radical (unpaired) electrons. The summed E-state index contributed by atoms with van der Waals surface area (Å²) in [6.45, 7) is 3.01. The van der Waals surface area contributed by atoms with Crippen molar-refractivity contribution in [3.63, 3.8) is 0 Å². The van der Waals surface area contributed by atoms with Crippen molar-refractivity contribution in [1.82, 2.24) is 4.90 Å². The van der Waals surface area contributed by atoms with E-state index >= 15 is 0 Å². The molecule has 1 N–H and O–H groups in total. The number of carbonyl (C=O) groups is 1. The molecule has 0 aliphatic heterocycles. The summed E-state index contributed by atoms with van der Waals surface area (Å²) in [4.78, 5) is 13.0. The maximum absolute atomic E-state index is 11.3. The Hall–Kier alpha value is -1.33.